The zero-order valence-electron chi connectivity index (χ0n) is 15.6. The van der Waals surface area contributed by atoms with Crippen molar-refractivity contribution in [2.45, 2.75) is 19.9 Å². The SMILES string of the molecule is CCOC(=O)c1csc2ncn(CCCN3C(=O)c4ccccc4C3=O)c(=O)c12. The number of carbonyl (C=O) groups excluding carboxylic acids is 3. The number of aromatic nitrogens is 2. The van der Waals surface area contributed by atoms with Crippen molar-refractivity contribution in [1.29, 1.82) is 0 Å². The molecule has 1 aliphatic heterocycles. The normalized spacial score (nSPS) is 13.2. The summed E-state index contributed by atoms with van der Waals surface area (Å²) in [5.41, 5.74) is 0.658. The first kappa shape index (κ1) is 19.0. The molecular formula is C20H17N3O5S. The Labute approximate surface area is 169 Å². The number of rotatable bonds is 6. The van der Waals surface area contributed by atoms with E-state index in [1.165, 1.54) is 27.1 Å². The molecular weight excluding hydrogens is 394 g/mol. The largest absolute Gasteiger partial charge is 0.462 e. The third kappa shape index (κ3) is 3.23. The topological polar surface area (TPSA) is 98.6 Å². The maximum atomic E-state index is 12.8. The van der Waals surface area contributed by atoms with Crippen molar-refractivity contribution in [3.8, 4) is 0 Å². The van der Waals surface area contributed by atoms with E-state index in [1.54, 1.807) is 36.6 Å². The Kier molecular flexibility index (Phi) is 4.98. The number of aryl methyl sites for hydroxylation is 1. The number of ether oxygens (including phenoxy) is 1. The van der Waals surface area contributed by atoms with Crippen molar-refractivity contribution in [2.24, 2.45) is 0 Å². The molecule has 0 spiro atoms. The molecule has 0 bridgehead atoms. The van der Waals surface area contributed by atoms with E-state index in [4.69, 9.17) is 4.74 Å². The summed E-state index contributed by atoms with van der Waals surface area (Å²) in [6.07, 6.45) is 1.80. The number of fused-ring (bicyclic) bond motifs is 2. The van der Waals surface area contributed by atoms with Crippen molar-refractivity contribution in [3.05, 3.63) is 63.0 Å². The lowest BCUT2D eigenvalue weighted by Gasteiger charge is -2.14. The third-order valence-electron chi connectivity index (χ3n) is 4.71. The van der Waals surface area contributed by atoms with Gasteiger partial charge in [0.1, 0.15) is 4.83 Å². The summed E-state index contributed by atoms with van der Waals surface area (Å²) in [5.74, 6) is -1.20. The Balaban J connectivity index is 1.51. The van der Waals surface area contributed by atoms with E-state index in [0.29, 0.717) is 22.4 Å². The number of hydrogen-bond acceptors (Lipinski definition) is 7. The zero-order valence-corrected chi connectivity index (χ0v) is 16.4. The summed E-state index contributed by atoms with van der Waals surface area (Å²) >= 11 is 1.21. The number of benzene rings is 1. The van der Waals surface area contributed by atoms with E-state index in [0.717, 1.165) is 0 Å². The molecule has 0 atom stereocenters. The van der Waals surface area contributed by atoms with Crippen molar-refractivity contribution in [2.75, 3.05) is 13.2 Å². The molecule has 29 heavy (non-hydrogen) atoms. The molecule has 3 aromatic rings. The molecule has 9 heteroatoms. The zero-order chi connectivity index (χ0) is 20.5. The van der Waals surface area contributed by atoms with Crippen LogP contribution in [0, 0.1) is 0 Å². The highest BCUT2D eigenvalue weighted by Crippen LogP contribution is 2.23. The molecule has 0 saturated carbocycles. The lowest BCUT2D eigenvalue weighted by Crippen LogP contribution is -2.32. The second kappa shape index (κ2) is 7.59. The Bertz CT molecular complexity index is 1160. The van der Waals surface area contributed by atoms with Gasteiger partial charge in [-0.2, -0.15) is 0 Å². The summed E-state index contributed by atoms with van der Waals surface area (Å²) < 4.78 is 6.39. The Morgan fingerprint density at radius 3 is 2.45 bits per heavy atom. The molecule has 4 rings (SSSR count). The van der Waals surface area contributed by atoms with Crippen LogP contribution in [0.4, 0.5) is 0 Å². The van der Waals surface area contributed by atoms with Gasteiger partial charge in [-0.05, 0) is 25.5 Å². The number of amides is 2. The summed E-state index contributed by atoms with van der Waals surface area (Å²) in [7, 11) is 0. The van der Waals surface area contributed by atoms with E-state index in [9.17, 15) is 19.2 Å². The van der Waals surface area contributed by atoms with Gasteiger partial charge in [-0.1, -0.05) is 12.1 Å². The minimum atomic E-state index is -0.554. The Hall–Kier alpha value is -3.33. The van der Waals surface area contributed by atoms with Gasteiger partial charge in [-0.25, -0.2) is 9.78 Å². The third-order valence-corrected chi connectivity index (χ3v) is 5.60. The maximum Gasteiger partial charge on any atom is 0.339 e. The van der Waals surface area contributed by atoms with Crippen LogP contribution in [-0.4, -0.2) is 45.4 Å². The van der Waals surface area contributed by atoms with Crippen LogP contribution in [0.5, 0.6) is 0 Å². The van der Waals surface area contributed by atoms with Crippen LogP contribution in [0.3, 0.4) is 0 Å². The molecule has 2 aromatic heterocycles. The van der Waals surface area contributed by atoms with Crippen LogP contribution in [0.1, 0.15) is 44.4 Å². The van der Waals surface area contributed by atoms with Gasteiger partial charge in [0.05, 0.1) is 35.0 Å². The first-order chi connectivity index (χ1) is 14.0. The van der Waals surface area contributed by atoms with E-state index in [-0.39, 0.29) is 48.0 Å². The average Bonchev–Trinajstić information content (AvgIpc) is 3.26. The molecule has 0 fully saturated rings. The van der Waals surface area contributed by atoms with Gasteiger partial charge in [0.25, 0.3) is 17.4 Å². The number of nitrogens with zero attached hydrogens (tertiary/aromatic N) is 3. The van der Waals surface area contributed by atoms with Crippen molar-refractivity contribution >= 4 is 39.3 Å². The standard InChI is InChI=1S/C20H17N3O5S/c1-2-28-20(27)14-10-29-16-15(14)19(26)22(11-21-16)8-5-9-23-17(24)12-6-3-4-7-13(12)18(23)25/h3-4,6-7,10-11H,2,5,8-9H2,1H3. The lowest BCUT2D eigenvalue weighted by atomic mass is 10.1. The van der Waals surface area contributed by atoms with Gasteiger partial charge in [0, 0.05) is 18.5 Å². The highest BCUT2D eigenvalue weighted by Gasteiger charge is 2.34. The molecule has 8 nitrogen and oxygen atoms in total. The second-order valence-electron chi connectivity index (χ2n) is 6.45. The maximum absolute atomic E-state index is 12.8. The van der Waals surface area contributed by atoms with Gasteiger partial charge in [-0.3, -0.25) is 23.9 Å². The second-order valence-corrected chi connectivity index (χ2v) is 7.31. The molecule has 0 aliphatic carbocycles. The molecule has 3 heterocycles. The van der Waals surface area contributed by atoms with Crippen molar-refractivity contribution in [1.82, 2.24) is 14.5 Å². The van der Waals surface area contributed by atoms with Gasteiger partial charge in [-0.15, -0.1) is 11.3 Å². The first-order valence-electron chi connectivity index (χ1n) is 9.12. The first-order valence-corrected chi connectivity index (χ1v) is 10.00. The number of esters is 1. The predicted octanol–water partition coefficient (Wildman–Crippen LogP) is 2.32. The minimum Gasteiger partial charge on any atom is -0.462 e. The fourth-order valence-corrected chi connectivity index (χ4v) is 4.19. The average molecular weight is 411 g/mol. The van der Waals surface area contributed by atoms with Crippen molar-refractivity contribution in [3.63, 3.8) is 0 Å². The Morgan fingerprint density at radius 2 is 1.79 bits per heavy atom. The number of carbonyl (C=O) groups is 3. The van der Waals surface area contributed by atoms with Gasteiger partial charge in [0.15, 0.2) is 0 Å². The molecule has 1 aliphatic rings. The van der Waals surface area contributed by atoms with Crippen LogP contribution in [0.15, 0.2) is 40.8 Å². The highest BCUT2D eigenvalue weighted by molar-refractivity contribution is 7.17. The summed E-state index contributed by atoms with van der Waals surface area (Å²) in [4.78, 5) is 55.6. The molecule has 0 N–H and O–H groups in total. The van der Waals surface area contributed by atoms with Crippen LogP contribution in [-0.2, 0) is 11.3 Å². The number of thiophene rings is 1. The Morgan fingerprint density at radius 1 is 1.10 bits per heavy atom. The number of imide groups is 1. The van der Waals surface area contributed by atoms with Crippen LogP contribution >= 0.6 is 11.3 Å². The fourth-order valence-electron chi connectivity index (χ4n) is 3.33. The predicted molar refractivity (Wildman–Crippen MR) is 106 cm³/mol. The molecule has 0 saturated heterocycles. The van der Waals surface area contributed by atoms with Crippen LogP contribution < -0.4 is 5.56 Å². The number of hydrogen-bond donors (Lipinski definition) is 0. The van der Waals surface area contributed by atoms with Gasteiger partial charge in [0.2, 0.25) is 0 Å². The van der Waals surface area contributed by atoms with Gasteiger partial charge >= 0.3 is 5.97 Å². The van der Waals surface area contributed by atoms with E-state index < -0.39 is 5.97 Å². The molecule has 0 radical (unpaired) electrons. The quantitative estimate of drug-likeness (QED) is 0.456. The summed E-state index contributed by atoms with van der Waals surface area (Å²) in [6.45, 7) is 2.35. The van der Waals surface area contributed by atoms with Crippen molar-refractivity contribution < 1.29 is 19.1 Å². The summed E-state index contributed by atoms with van der Waals surface area (Å²) in [5, 5.41) is 1.80. The van der Waals surface area contributed by atoms with Gasteiger partial charge < -0.3 is 4.74 Å². The minimum absolute atomic E-state index is 0.186. The van der Waals surface area contributed by atoms with Crippen LogP contribution in [0.25, 0.3) is 10.2 Å². The van der Waals surface area contributed by atoms with E-state index in [1.807, 2.05) is 0 Å². The van der Waals surface area contributed by atoms with Crippen LogP contribution in [0.2, 0.25) is 0 Å². The fraction of sp³-hybridized carbons (Fsp3) is 0.250. The highest BCUT2D eigenvalue weighted by atomic mass is 32.1. The molecule has 0 unspecified atom stereocenters. The molecule has 1 aromatic carbocycles. The summed E-state index contributed by atoms with van der Waals surface area (Å²) in [6, 6.07) is 6.70. The van der Waals surface area contributed by atoms with E-state index >= 15 is 0 Å². The molecule has 148 valence electrons. The van der Waals surface area contributed by atoms with E-state index in [2.05, 4.69) is 4.98 Å². The molecule has 2 amide bonds. The lowest BCUT2D eigenvalue weighted by molar-refractivity contribution is 0.0527. The smallest absolute Gasteiger partial charge is 0.339 e. The monoisotopic (exact) mass is 411 g/mol.